The number of Topliss-reactive ketones (excluding diaryl/α,β-unsaturated/α-hetero) is 1. The summed E-state index contributed by atoms with van der Waals surface area (Å²) in [5, 5.41) is 0. The maximum Gasteiger partial charge on any atom is 0.379 e. The van der Waals surface area contributed by atoms with Crippen LogP contribution in [0.1, 0.15) is 40.9 Å². The van der Waals surface area contributed by atoms with E-state index < -0.39 is 51.0 Å². The van der Waals surface area contributed by atoms with Crippen LogP contribution in [0.5, 0.6) is 0 Å². The fraction of sp³-hybridized carbons (Fsp3) is 0.261. The zero-order valence-corrected chi connectivity index (χ0v) is 20.0. The van der Waals surface area contributed by atoms with Crippen LogP contribution >= 0.6 is 23.2 Å². The molecule has 0 spiro atoms. The molecule has 2 rings (SSSR count). The summed E-state index contributed by atoms with van der Waals surface area (Å²) in [5.74, 6) is -6.60. The van der Waals surface area contributed by atoms with Crippen molar-refractivity contribution in [3.8, 4) is 0 Å². The van der Waals surface area contributed by atoms with Crippen LogP contribution in [-0.4, -0.2) is 30.9 Å². The lowest BCUT2D eigenvalue weighted by Gasteiger charge is -2.10. The predicted octanol–water partition coefficient (Wildman–Crippen LogP) is 6.00. The smallest absolute Gasteiger partial charge is 0.379 e. The highest BCUT2D eigenvalue weighted by Crippen LogP contribution is 2.29. The SMILES string of the molecule is CCOC(=O)C(=C(Cl)Cl)c1cc(C)c(F)cc1F.CCOC(=O)C(=O)c1cc(C)c(F)cc1F. The van der Waals surface area contributed by atoms with E-state index >= 15 is 0 Å². The first kappa shape index (κ1) is 29.1. The van der Waals surface area contributed by atoms with E-state index in [1.54, 1.807) is 6.92 Å². The average molecular weight is 523 g/mol. The van der Waals surface area contributed by atoms with Gasteiger partial charge in [-0.15, -0.1) is 0 Å². The van der Waals surface area contributed by atoms with Gasteiger partial charge in [0.15, 0.2) is 0 Å². The minimum atomic E-state index is -1.15. The van der Waals surface area contributed by atoms with Gasteiger partial charge in [-0.3, -0.25) is 4.79 Å². The summed E-state index contributed by atoms with van der Waals surface area (Å²) in [6, 6.07) is 3.38. The molecule has 0 radical (unpaired) electrons. The Morgan fingerprint density at radius 3 is 1.56 bits per heavy atom. The molecule has 0 saturated carbocycles. The van der Waals surface area contributed by atoms with Crippen LogP contribution in [0.4, 0.5) is 17.6 Å². The molecule has 0 aromatic heterocycles. The minimum Gasteiger partial charge on any atom is -0.462 e. The highest BCUT2D eigenvalue weighted by atomic mass is 35.5. The Balaban J connectivity index is 0.000000342. The highest BCUT2D eigenvalue weighted by Gasteiger charge is 2.23. The zero-order chi connectivity index (χ0) is 26.2. The maximum absolute atomic E-state index is 13.6. The van der Waals surface area contributed by atoms with E-state index in [0.717, 1.165) is 12.1 Å². The standard InChI is InChI=1S/C12H10Cl2F2O2.C11H10F2O3/c1-3-18-12(17)10(11(13)14)7-4-6(2)8(15)5-9(7)16;1-3-16-11(15)10(14)7-4-6(2)8(12)5-9(7)13/h4-5H,3H2,1-2H3;4-5H,3H2,1-2H3. The van der Waals surface area contributed by atoms with Crippen LogP contribution in [-0.2, 0) is 19.1 Å². The van der Waals surface area contributed by atoms with Gasteiger partial charge in [0.1, 0.15) is 27.8 Å². The summed E-state index contributed by atoms with van der Waals surface area (Å²) in [4.78, 5) is 34.1. The fourth-order valence-corrected chi connectivity index (χ4v) is 2.84. The van der Waals surface area contributed by atoms with Crippen molar-refractivity contribution in [1.29, 1.82) is 0 Å². The van der Waals surface area contributed by atoms with E-state index in [4.69, 9.17) is 27.9 Å². The molecular formula is C23H20Cl2F4O5. The van der Waals surface area contributed by atoms with Gasteiger partial charge >= 0.3 is 11.9 Å². The minimum absolute atomic E-state index is 0.0202. The molecule has 0 bridgehead atoms. The molecule has 0 amide bonds. The molecular weight excluding hydrogens is 503 g/mol. The van der Waals surface area contributed by atoms with Crippen LogP contribution < -0.4 is 0 Å². The number of ketones is 1. The lowest BCUT2D eigenvalue weighted by atomic mass is 10.0. The normalized spacial score (nSPS) is 10.1. The van der Waals surface area contributed by atoms with Crippen molar-refractivity contribution < 1.29 is 41.4 Å². The Bertz CT molecular complexity index is 1130. The number of benzene rings is 2. The van der Waals surface area contributed by atoms with Gasteiger partial charge in [-0.2, -0.15) is 0 Å². The third-order valence-corrected chi connectivity index (χ3v) is 4.52. The molecule has 11 heteroatoms. The number of carbonyl (C=O) groups excluding carboxylic acids is 3. The Hall–Kier alpha value is -2.91. The Morgan fingerprint density at radius 2 is 1.12 bits per heavy atom. The van der Waals surface area contributed by atoms with Gasteiger partial charge in [-0.05, 0) is 51.0 Å². The second-order valence-electron chi connectivity index (χ2n) is 6.57. The summed E-state index contributed by atoms with van der Waals surface area (Å²) in [5.41, 5.74) is -0.720. The lowest BCUT2D eigenvalue weighted by molar-refractivity contribution is -0.137. The van der Waals surface area contributed by atoms with Gasteiger partial charge in [-0.1, -0.05) is 23.2 Å². The molecule has 34 heavy (non-hydrogen) atoms. The van der Waals surface area contributed by atoms with Crippen molar-refractivity contribution in [2.24, 2.45) is 0 Å². The number of esters is 2. The molecule has 0 N–H and O–H groups in total. The van der Waals surface area contributed by atoms with Gasteiger partial charge in [0.05, 0.1) is 24.4 Å². The highest BCUT2D eigenvalue weighted by molar-refractivity contribution is 6.61. The summed E-state index contributed by atoms with van der Waals surface area (Å²) < 4.78 is 61.6. The number of hydrogen-bond donors (Lipinski definition) is 0. The van der Waals surface area contributed by atoms with Gasteiger partial charge in [-0.25, -0.2) is 27.2 Å². The third kappa shape index (κ3) is 7.56. The number of rotatable bonds is 6. The summed E-state index contributed by atoms with van der Waals surface area (Å²) in [6.45, 7) is 6.03. The number of ether oxygens (including phenoxy) is 2. The lowest BCUT2D eigenvalue weighted by Crippen LogP contribution is -2.19. The van der Waals surface area contributed by atoms with Crippen molar-refractivity contribution in [1.82, 2.24) is 0 Å². The molecule has 5 nitrogen and oxygen atoms in total. The average Bonchev–Trinajstić information content (AvgIpc) is 2.74. The van der Waals surface area contributed by atoms with Crippen molar-refractivity contribution in [3.05, 3.63) is 74.3 Å². The molecule has 2 aromatic carbocycles. The topological polar surface area (TPSA) is 69.7 Å². The molecule has 0 aliphatic carbocycles. The molecule has 0 heterocycles. The quantitative estimate of drug-likeness (QED) is 0.153. The van der Waals surface area contributed by atoms with Crippen molar-refractivity contribution in [2.75, 3.05) is 13.2 Å². The number of carbonyl (C=O) groups is 3. The molecule has 0 aliphatic rings. The van der Waals surface area contributed by atoms with Crippen LogP contribution in [0.15, 0.2) is 28.8 Å². The molecule has 0 atom stereocenters. The van der Waals surface area contributed by atoms with Gasteiger partial charge in [0, 0.05) is 17.7 Å². The van der Waals surface area contributed by atoms with Crippen LogP contribution in [0, 0.1) is 37.1 Å². The van der Waals surface area contributed by atoms with Gasteiger partial charge in [0.25, 0.3) is 5.78 Å². The number of aryl methyl sites for hydroxylation is 2. The van der Waals surface area contributed by atoms with Crippen molar-refractivity contribution in [2.45, 2.75) is 27.7 Å². The van der Waals surface area contributed by atoms with Crippen LogP contribution in [0.3, 0.4) is 0 Å². The first-order valence-corrected chi connectivity index (χ1v) is 10.5. The largest absolute Gasteiger partial charge is 0.462 e. The molecule has 0 saturated heterocycles. The second-order valence-corrected chi connectivity index (χ2v) is 7.52. The molecule has 0 aliphatic heterocycles. The Kier molecular flexibility index (Phi) is 11.2. The summed E-state index contributed by atoms with van der Waals surface area (Å²) in [6.07, 6.45) is 0. The van der Waals surface area contributed by atoms with E-state index in [1.165, 1.54) is 20.8 Å². The fourth-order valence-electron chi connectivity index (χ4n) is 2.48. The molecule has 184 valence electrons. The van der Waals surface area contributed by atoms with Crippen molar-refractivity contribution in [3.63, 3.8) is 0 Å². The Morgan fingerprint density at radius 1 is 0.706 bits per heavy atom. The van der Waals surface area contributed by atoms with E-state index in [2.05, 4.69) is 4.74 Å². The molecule has 0 unspecified atom stereocenters. The van der Waals surface area contributed by atoms with Crippen LogP contribution in [0.2, 0.25) is 0 Å². The molecule has 0 fully saturated rings. The maximum atomic E-state index is 13.6. The van der Waals surface area contributed by atoms with E-state index in [-0.39, 0.29) is 35.5 Å². The van der Waals surface area contributed by atoms with E-state index in [1.807, 2.05) is 0 Å². The van der Waals surface area contributed by atoms with Gasteiger partial charge < -0.3 is 9.47 Å². The van der Waals surface area contributed by atoms with Crippen LogP contribution in [0.25, 0.3) is 5.57 Å². The van der Waals surface area contributed by atoms with E-state index in [9.17, 15) is 31.9 Å². The zero-order valence-electron chi connectivity index (χ0n) is 18.5. The number of hydrogen-bond acceptors (Lipinski definition) is 5. The monoisotopic (exact) mass is 522 g/mol. The third-order valence-electron chi connectivity index (χ3n) is 4.14. The summed E-state index contributed by atoms with van der Waals surface area (Å²) >= 11 is 11.1. The van der Waals surface area contributed by atoms with Crippen molar-refractivity contribution >= 4 is 46.5 Å². The first-order valence-electron chi connectivity index (χ1n) is 9.71. The van der Waals surface area contributed by atoms with E-state index in [0.29, 0.717) is 12.1 Å². The second kappa shape index (κ2) is 13.1. The number of halogens is 6. The molecule has 2 aromatic rings. The first-order chi connectivity index (χ1) is 15.8. The Labute approximate surface area is 203 Å². The predicted molar refractivity (Wildman–Crippen MR) is 118 cm³/mol. The summed E-state index contributed by atoms with van der Waals surface area (Å²) in [7, 11) is 0. The van der Waals surface area contributed by atoms with Gasteiger partial charge in [0.2, 0.25) is 0 Å².